The number of carbonyl (C=O) groups is 6. The number of nitrogen functional groups attached to an aromatic ring is 3. The van der Waals surface area contributed by atoms with Crippen LogP contribution in [0.3, 0.4) is 0 Å². The van der Waals surface area contributed by atoms with Gasteiger partial charge in [-0.15, -0.1) is 22.7 Å². The molecule has 570 valence electrons. The molecule has 0 radical (unpaired) electrons. The maximum absolute atomic E-state index is 12.7. The minimum Gasteiger partial charge on any atom is -0.387 e. The molecule has 10 N–H and O–H groups in total. The number of aromatic amines is 1. The van der Waals surface area contributed by atoms with Crippen molar-refractivity contribution in [3.63, 3.8) is 0 Å². The number of ketones is 3. The molecule has 111 heavy (non-hydrogen) atoms. The van der Waals surface area contributed by atoms with Crippen molar-refractivity contribution in [1.82, 2.24) is 88.6 Å². The molecule has 0 bridgehead atoms. The summed E-state index contributed by atoms with van der Waals surface area (Å²) in [6, 6.07) is 19.8. The number of nitrogens with two attached hydrogens (primary N) is 3. The molecule has 0 aliphatic carbocycles. The van der Waals surface area contributed by atoms with E-state index in [2.05, 4.69) is 50.4 Å². The van der Waals surface area contributed by atoms with Gasteiger partial charge >= 0.3 is 0 Å². The second-order valence-electron chi connectivity index (χ2n) is 28.9. The molecular formula is C78H82N22O9S2. The Balaban J connectivity index is 0.000000139. The topological polar surface area (TPSA) is 434 Å². The van der Waals surface area contributed by atoms with Crippen molar-refractivity contribution in [2.45, 2.75) is 128 Å². The van der Waals surface area contributed by atoms with E-state index in [-0.39, 0.29) is 70.2 Å². The maximum Gasteiger partial charge on any atom is 0.291 e. The highest BCUT2D eigenvalue weighted by Gasteiger charge is 2.39. The number of thiophene rings is 2. The highest BCUT2D eigenvalue weighted by Crippen LogP contribution is 2.40. The predicted octanol–water partition coefficient (Wildman–Crippen LogP) is 9.34. The number of rotatable bonds is 16. The summed E-state index contributed by atoms with van der Waals surface area (Å²) in [6.07, 6.45) is 18.3. The Labute approximate surface area is 644 Å². The first-order valence-electron chi connectivity index (χ1n) is 36.3. The van der Waals surface area contributed by atoms with Crippen molar-refractivity contribution in [3.05, 3.63) is 172 Å². The first-order chi connectivity index (χ1) is 53.2. The Morgan fingerprint density at radius 3 is 1.24 bits per heavy atom. The van der Waals surface area contributed by atoms with Crippen LogP contribution in [0.15, 0.2) is 132 Å². The molecule has 12 aromatic rings. The molecule has 31 nitrogen and oxygen atoms in total. The number of aliphatic hydroxyl groups excluding tert-OH is 1. The van der Waals surface area contributed by atoms with Gasteiger partial charge in [-0.2, -0.15) is 33.9 Å². The first-order valence-corrected chi connectivity index (χ1v) is 38.1. The third-order valence-electron chi connectivity index (χ3n) is 20.5. The van der Waals surface area contributed by atoms with E-state index in [4.69, 9.17) is 32.2 Å². The summed E-state index contributed by atoms with van der Waals surface area (Å²) in [5, 5.41) is 54.0. The van der Waals surface area contributed by atoms with Crippen molar-refractivity contribution >= 4 is 97.9 Å². The second-order valence-corrected chi connectivity index (χ2v) is 30.8. The lowest BCUT2D eigenvalue weighted by molar-refractivity contribution is -0.153. The summed E-state index contributed by atoms with van der Waals surface area (Å²) in [7, 11) is 0. The number of pyridine rings is 3. The van der Waals surface area contributed by atoms with Gasteiger partial charge in [-0.25, -0.2) is 19.9 Å². The zero-order valence-corrected chi connectivity index (χ0v) is 63.6. The number of allylic oxidation sites excluding steroid dienone is 1. The molecule has 0 aromatic carbocycles. The number of carbonyl (C=O) groups excluding carboxylic acids is 6. The lowest BCUT2D eigenvalue weighted by atomic mass is 9.88. The van der Waals surface area contributed by atoms with Gasteiger partial charge in [0.25, 0.3) is 17.7 Å². The fourth-order valence-corrected chi connectivity index (χ4v) is 16.0. The van der Waals surface area contributed by atoms with Crippen LogP contribution in [0.2, 0.25) is 0 Å². The number of anilines is 3. The van der Waals surface area contributed by atoms with Gasteiger partial charge < -0.3 is 47.2 Å². The van der Waals surface area contributed by atoms with Crippen molar-refractivity contribution in [2.24, 2.45) is 4.99 Å². The van der Waals surface area contributed by atoms with Gasteiger partial charge in [0.05, 0.1) is 90.5 Å². The van der Waals surface area contributed by atoms with E-state index in [0.29, 0.717) is 129 Å². The van der Waals surface area contributed by atoms with Crippen molar-refractivity contribution in [1.29, 1.82) is 0 Å². The van der Waals surface area contributed by atoms with E-state index in [1.807, 2.05) is 77.5 Å². The minimum atomic E-state index is -1.54. The van der Waals surface area contributed by atoms with Crippen LogP contribution in [0.1, 0.15) is 176 Å². The average molecular weight is 1540 g/mol. The normalized spacial score (nSPS) is 15.5. The summed E-state index contributed by atoms with van der Waals surface area (Å²) in [6.45, 7) is 12.9. The number of nitrogens with zero attached hydrogens (tertiary/aromatic N) is 18. The van der Waals surface area contributed by atoms with Gasteiger partial charge in [0.1, 0.15) is 29.4 Å². The average Bonchev–Trinajstić information content (AvgIpc) is 1.72. The molecule has 1 atom stereocenters. The van der Waals surface area contributed by atoms with Crippen LogP contribution in [0, 0.1) is 0 Å². The molecule has 3 fully saturated rings. The number of aliphatic imine (C=N–C) groups is 1. The maximum atomic E-state index is 12.7. The molecule has 4 aliphatic heterocycles. The van der Waals surface area contributed by atoms with E-state index in [9.17, 15) is 44.1 Å². The number of Topliss-reactive ketones (excluding diaryl/α,β-unsaturated/α-hetero) is 3. The molecule has 33 heteroatoms. The quantitative estimate of drug-likeness (QED) is 0.0443. The highest BCUT2D eigenvalue weighted by atomic mass is 32.1. The van der Waals surface area contributed by atoms with Crippen LogP contribution in [-0.4, -0.2) is 201 Å². The molecule has 3 amide bonds. The van der Waals surface area contributed by atoms with Crippen LogP contribution in [0.25, 0.3) is 71.5 Å². The molecule has 3 saturated heterocycles. The number of hydrogen-bond donors (Lipinski definition) is 7. The Morgan fingerprint density at radius 2 is 0.919 bits per heavy atom. The van der Waals surface area contributed by atoms with E-state index in [1.54, 1.807) is 80.8 Å². The van der Waals surface area contributed by atoms with Gasteiger partial charge in [0.15, 0.2) is 40.4 Å². The molecule has 16 heterocycles. The molecule has 16 rings (SSSR count). The number of H-pyrrole nitrogens is 1. The van der Waals surface area contributed by atoms with Gasteiger partial charge in [0.2, 0.25) is 5.82 Å². The fourth-order valence-electron chi connectivity index (χ4n) is 14.6. The zero-order valence-electron chi connectivity index (χ0n) is 62.0. The third kappa shape index (κ3) is 15.3. The monoisotopic (exact) mass is 1530 g/mol. The summed E-state index contributed by atoms with van der Waals surface area (Å²) in [5.41, 5.74) is 29.4. The number of hydrogen-bond acceptors (Lipinski definition) is 26. The SMILES string of the molecule is CC(=O)c1c(C2CCN(C(=O)C(C)(C)O)CC2)nc2c(-c3ccc(-c4cccs4)nc3)cnn2c1N.CC(=O)c1c(C2CCN(C(=O)C(O)C(C)(C)O)CC2)nc2c(-c3ccc(-c4cccs4)nc3)cnn2c1N.CC(=O)c1c(C2CCN(C(=O)c3ncn[nH]3)CC2)nc2c(-c3ccc(C4=NC=CC4)nc3)cnn2c1N. The van der Waals surface area contributed by atoms with Crippen LogP contribution < -0.4 is 17.2 Å². The van der Waals surface area contributed by atoms with Crippen LogP contribution in [-0.2, 0) is 9.59 Å². The smallest absolute Gasteiger partial charge is 0.291 e. The van der Waals surface area contributed by atoms with E-state index < -0.39 is 23.2 Å². The Bertz CT molecular complexity index is 5560. The van der Waals surface area contributed by atoms with Crippen molar-refractivity contribution in [2.75, 3.05) is 56.5 Å². The molecule has 4 aliphatic rings. The van der Waals surface area contributed by atoms with Crippen LogP contribution in [0.4, 0.5) is 17.5 Å². The fraction of sp³-hybridized carbons (Fsp3) is 0.333. The number of amides is 3. The largest absolute Gasteiger partial charge is 0.387 e. The van der Waals surface area contributed by atoms with E-state index >= 15 is 0 Å². The zero-order chi connectivity index (χ0) is 78.3. The van der Waals surface area contributed by atoms with Gasteiger partial charge in [-0.3, -0.25) is 53.8 Å². The first kappa shape index (κ1) is 75.8. The number of aliphatic hydroxyl groups is 3. The van der Waals surface area contributed by atoms with Crippen LogP contribution >= 0.6 is 22.7 Å². The number of likely N-dealkylation sites (tertiary alicyclic amines) is 3. The number of piperidine rings is 3. The summed E-state index contributed by atoms with van der Waals surface area (Å²) >= 11 is 3.25. The molecular weight excluding hydrogens is 1450 g/mol. The summed E-state index contributed by atoms with van der Waals surface area (Å²) < 4.78 is 4.51. The predicted molar refractivity (Wildman–Crippen MR) is 419 cm³/mol. The minimum absolute atomic E-state index is 0.0406. The number of fused-ring (bicyclic) bond motifs is 3. The summed E-state index contributed by atoms with van der Waals surface area (Å²) in [5.74, 6) is -0.814. The molecule has 1 unspecified atom stereocenters. The van der Waals surface area contributed by atoms with E-state index in [1.165, 1.54) is 68.3 Å². The Kier molecular flexibility index (Phi) is 21.3. The molecule has 0 spiro atoms. The number of nitrogens with one attached hydrogen (secondary N) is 1. The van der Waals surface area contributed by atoms with Gasteiger partial charge in [-0.1, -0.05) is 36.4 Å². The lowest BCUT2D eigenvalue weighted by Crippen LogP contribution is -2.51. The van der Waals surface area contributed by atoms with E-state index in [0.717, 1.165) is 72.3 Å². The lowest BCUT2D eigenvalue weighted by Gasteiger charge is -2.35. The van der Waals surface area contributed by atoms with Crippen molar-refractivity contribution in [3.8, 4) is 54.5 Å². The number of aromatic nitrogens is 15. The van der Waals surface area contributed by atoms with Gasteiger partial charge in [0, 0.05) is 122 Å². The molecule has 12 aromatic heterocycles. The second kappa shape index (κ2) is 31.1. The molecule has 0 saturated carbocycles. The van der Waals surface area contributed by atoms with Crippen LogP contribution in [0.5, 0.6) is 0 Å². The third-order valence-corrected chi connectivity index (χ3v) is 22.3. The van der Waals surface area contributed by atoms with Gasteiger partial charge in [-0.05, 0) is 128 Å². The Morgan fingerprint density at radius 1 is 0.523 bits per heavy atom. The van der Waals surface area contributed by atoms with Crippen molar-refractivity contribution < 1.29 is 44.1 Å². The Hall–Kier alpha value is -12.0. The summed E-state index contributed by atoms with van der Waals surface area (Å²) in [4.78, 5) is 120. The highest BCUT2D eigenvalue weighted by molar-refractivity contribution is 7.13. The standard InChI is InChI=1S/C27H30N6O4S.C26H28N6O3S.C25H24N10O2/c1-15(34)21-22(16-8-10-32(11-9-16)26(36)23(35)27(2,3)37)31-25-18(14-30-33(25)24(21)28)17-6-7-19(29-13-17)20-5-4-12-38-20;1-15(33)21-22(16-8-10-31(11-9-16)25(34)26(2,3)35)30-24-18(14-29-32(24)23(21)27)17-6-7-19(28-13-17)20-5-4-12-36-20;1-14(36)20-21(15-6-9-34(10-7-15)25(37)23-29-13-30-33-23)32-24-17(12-31-35(24)22(20)26)16-4-5-19(28-11-16)18-3-2-8-27-18/h4-7,12-14,16,23,35,37H,8-11,28H2,1-3H3;4-7,12-14,16,35H,8-11,27H2,1-3H3;2,4-5,8,11-13,15H,3,6-7,9-10,26H2,1H3,(H,29,30,33).